The highest BCUT2D eigenvalue weighted by atomic mass is 16.4. The number of carbonyl (C=O) groups is 9. The van der Waals surface area contributed by atoms with Crippen molar-refractivity contribution in [3.63, 3.8) is 0 Å². The molecular weight excluding hydrogens is 516 g/mol. The third kappa shape index (κ3) is 394. The first-order valence-electron chi connectivity index (χ1n) is 9.40. The van der Waals surface area contributed by atoms with Crippen molar-refractivity contribution in [2.24, 2.45) is 5.92 Å². The maximum Gasteiger partial charge on any atom is 0.306 e. The summed E-state index contributed by atoms with van der Waals surface area (Å²) < 4.78 is 0. The molecule has 0 aliphatic rings. The average Bonchev–Trinajstić information content (AvgIpc) is 2.80. The van der Waals surface area contributed by atoms with Gasteiger partial charge < -0.3 is 46.0 Å². The molecule has 0 saturated heterocycles. The molecule has 0 rings (SSSR count). The van der Waals surface area contributed by atoms with Gasteiger partial charge in [0.1, 0.15) is 0 Å². The molecule has 0 radical (unpaired) electrons. The summed E-state index contributed by atoms with van der Waals surface area (Å²) >= 11 is 0. The lowest BCUT2D eigenvalue weighted by Gasteiger charge is -2.10. The Bertz CT molecular complexity index is 371. The van der Waals surface area contributed by atoms with Crippen molar-refractivity contribution in [2.45, 2.75) is 58.8 Å². The number of hydrogen-bond acceptors (Lipinski definition) is 9. The summed E-state index contributed by atoms with van der Waals surface area (Å²) in [4.78, 5) is 77.7. The minimum atomic E-state index is -0.607. The number of carboxylic acid groups (broad SMARTS) is 9. The van der Waals surface area contributed by atoms with Gasteiger partial charge in [-0.2, -0.15) is 0 Å². The summed E-state index contributed by atoms with van der Waals surface area (Å²) in [6.45, 7) is 2.24. The molecule has 37 heavy (non-hydrogen) atoms. The Morgan fingerprint density at radius 2 is 0.676 bits per heavy atom. The molecule has 0 aromatic carbocycles. The Balaban J connectivity index is -0.0000000388. The van der Waals surface area contributed by atoms with Gasteiger partial charge in [-0.3, -0.25) is 43.2 Å². The van der Waals surface area contributed by atoms with Gasteiger partial charge in [-0.1, -0.05) is 46.0 Å². The first kappa shape index (κ1) is 58.3. The number of hydrogen-bond donors (Lipinski definition) is 9. The van der Waals surface area contributed by atoms with E-state index in [1.807, 2.05) is 0 Å². The minimum absolute atomic E-state index is 0.0912. The molecule has 9 N–H and O–H groups in total. The monoisotopic (exact) mass is 554 g/mol. The van der Waals surface area contributed by atoms with Crippen molar-refractivity contribution in [2.75, 3.05) is 0 Å². The lowest BCUT2D eigenvalue weighted by molar-refractivity contribution is -0.142. The van der Waals surface area contributed by atoms with Crippen LogP contribution >= 0.6 is 0 Å². The van der Waals surface area contributed by atoms with E-state index in [0.717, 1.165) is 38.5 Å². The molecule has 0 fully saturated rings. The molecule has 0 saturated carbocycles. The van der Waals surface area contributed by atoms with E-state index in [2.05, 4.69) is 13.8 Å². The van der Waals surface area contributed by atoms with Crippen LogP contribution in [0.5, 0.6) is 0 Å². The molecule has 0 amide bonds. The lowest BCUT2D eigenvalue weighted by atomic mass is 9.96. The number of aliphatic carboxylic acids is 1. The molecule has 222 valence electrons. The zero-order valence-electron chi connectivity index (χ0n) is 20.3. The standard InChI is InChI=1S/C11H22O2.8CH2O2/c1-3-5-7-9-10(11(12)13)8-6-4-2;8*2-1-3/h10H,3-9H2,1-2H3,(H,12,13);8*1H,(H,2,3). The first-order chi connectivity index (χ1) is 17.5. The van der Waals surface area contributed by atoms with Gasteiger partial charge in [-0.25, -0.2) is 0 Å². The zero-order valence-corrected chi connectivity index (χ0v) is 20.3. The van der Waals surface area contributed by atoms with Gasteiger partial charge >= 0.3 is 5.97 Å². The molecule has 0 aromatic rings. The normalized spacial score (nSPS) is 7.08. The Hall–Kier alpha value is -4.77. The molecule has 0 spiro atoms. The Morgan fingerprint density at radius 3 is 0.838 bits per heavy atom. The van der Waals surface area contributed by atoms with Gasteiger partial charge in [-0.15, -0.1) is 0 Å². The molecule has 0 heterocycles. The van der Waals surface area contributed by atoms with Gasteiger partial charge in [-0.05, 0) is 12.8 Å². The average molecular weight is 554 g/mol. The van der Waals surface area contributed by atoms with Crippen molar-refractivity contribution in [1.29, 1.82) is 0 Å². The van der Waals surface area contributed by atoms with Gasteiger partial charge in [0, 0.05) is 0 Å². The smallest absolute Gasteiger partial charge is 0.306 e. The van der Waals surface area contributed by atoms with Crippen LogP contribution in [0.1, 0.15) is 58.8 Å². The predicted octanol–water partition coefficient (Wildman–Crippen LogP) is 1.06. The SMILES string of the molecule is CCCCCC(CCCC)C(=O)O.O=CO.O=CO.O=CO.O=CO.O=CO.O=CO.O=CO.O=CO. The van der Waals surface area contributed by atoms with Crippen LogP contribution in [0.2, 0.25) is 0 Å². The van der Waals surface area contributed by atoms with Gasteiger partial charge in [0.05, 0.1) is 5.92 Å². The quantitative estimate of drug-likeness (QED) is 0.149. The largest absolute Gasteiger partial charge is 0.483 e. The number of unbranched alkanes of at least 4 members (excludes halogenated alkanes) is 3. The van der Waals surface area contributed by atoms with E-state index in [0.29, 0.717) is 0 Å². The van der Waals surface area contributed by atoms with Crippen LogP contribution in [-0.4, -0.2) is 104 Å². The first-order valence-corrected chi connectivity index (χ1v) is 9.40. The van der Waals surface area contributed by atoms with Gasteiger partial charge in [0.25, 0.3) is 51.8 Å². The number of carboxylic acids is 1. The molecular formula is C19H38O18. The molecule has 18 heteroatoms. The van der Waals surface area contributed by atoms with E-state index < -0.39 is 5.97 Å². The van der Waals surface area contributed by atoms with Crippen LogP contribution in [-0.2, 0) is 43.2 Å². The van der Waals surface area contributed by atoms with Gasteiger partial charge in [0.2, 0.25) is 0 Å². The van der Waals surface area contributed by atoms with E-state index in [4.69, 9.17) is 84.3 Å². The van der Waals surface area contributed by atoms with Crippen molar-refractivity contribution in [3.8, 4) is 0 Å². The lowest BCUT2D eigenvalue weighted by Crippen LogP contribution is -2.13. The summed E-state index contributed by atoms with van der Waals surface area (Å²) in [7, 11) is 0. The Morgan fingerprint density at radius 1 is 0.486 bits per heavy atom. The fourth-order valence-electron chi connectivity index (χ4n) is 1.48. The van der Waals surface area contributed by atoms with Crippen LogP contribution in [0.15, 0.2) is 0 Å². The van der Waals surface area contributed by atoms with Crippen molar-refractivity contribution >= 4 is 57.7 Å². The van der Waals surface area contributed by atoms with Gasteiger partial charge in [0.15, 0.2) is 0 Å². The second kappa shape index (κ2) is 108. The molecule has 0 aliphatic heterocycles. The van der Waals surface area contributed by atoms with Crippen LogP contribution in [0, 0.1) is 5.92 Å². The summed E-state index contributed by atoms with van der Waals surface area (Å²) in [5, 5.41) is 64.0. The van der Waals surface area contributed by atoms with Crippen molar-refractivity contribution < 1.29 is 89.1 Å². The summed E-state index contributed by atoms with van der Waals surface area (Å²) in [5.74, 6) is -0.698. The second-order valence-electron chi connectivity index (χ2n) is 4.52. The van der Waals surface area contributed by atoms with Crippen LogP contribution in [0.3, 0.4) is 0 Å². The summed E-state index contributed by atoms with van der Waals surface area (Å²) in [5.41, 5.74) is 0. The van der Waals surface area contributed by atoms with Crippen LogP contribution < -0.4 is 0 Å². The topological polar surface area (TPSA) is 336 Å². The van der Waals surface area contributed by atoms with Crippen LogP contribution in [0.25, 0.3) is 0 Å². The van der Waals surface area contributed by atoms with E-state index in [-0.39, 0.29) is 57.7 Å². The second-order valence-corrected chi connectivity index (χ2v) is 4.52. The highest BCUT2D eigenvalue weighted by Gasteiger charge is 2.15. The molecule has 18 nitrogen and oxygen atoms in total. The maximum atomic E-state index is 10.8. The summed E-state index contributed by atoms with van der Waals surface area (Å²) in [6.07, 6.45) is 7.26. The fraction of sp³-hybridized carbons (Fsp3) is 0.526. The number of rotatable bonds is 8. The van der Waals surface area contributed by atoms with E-state index in [1.165, 1.54) is 6.42 Å². The highest BCUT2D eigenvalue weighted by Crippen LogP contribution is 2.16. The third-order valence-corrected chi connectivity index (χ3v) is 2.41. The fourth-order valence-corrected chi connectivity index (χ4v) is 1.48. The molecule has 1 unspecified atom stereocenters. The highest BCUT2D eigenvalue weighted by molar-refractivity contribution is 5.69. The molecule has 1 atom stereocenters. The van der Waals surface area contributed by atoms with E-state index in [1.54, 1.807) is 0 Å². The van der Waals surface area contributed by atoms with E-state index >= 15 is 0 Å². The maximum absolute atomic E-state index is 10.8. The Kier molecular flexibility index (Phi) is 171. The zero-order chi connectivity index (χ0) is 31.8. The molecule has 0 bridgehead atoms. The van der Waals surface area contributed by atoms with Crippen molar-refractivity contribution in [3.05, 3.63) is 0 Å². The molecule has 0 aromatic heterocycles. The summed E-state index contributed by atoms with van der Waals surface area (Å²) in [6, 6.07) is 0. The Labute approximate surface area is 212 Å². The molecule has 0 aliphatic carbocycles. The van der Waals surface area contributed by atoms with E-state index in [9.17, 15) is 4.79 Å². The van der Waals surface area contributed by atoms with Crippen LogP contribution in [0.4, 0.5) is 0 Å². The minimum Gasteiger partial charge on any atom is -0.483 e. The third-order valence-electron chi connectivity index (χ3n) is 2.41. The van der Waals surface area contributed by atoms with Crippen molar-refractivity contribution in [1.82, 2.24) is 0 Å². The predicted molar refractivity (Wildman–Crippen MR) is 124 cm³/mol.